The first kappa shape index (κ1) is 16.9. The Morgan fingerprint density at radius 2 is 2.19 bits per heavy atom. The first-order valence-electron chi connectivity index (χ1n) is 6.34. The van der Waals surface area contributed by atoms with Gasteiger partial charge in [0.25, 0.3) is 0 Å². The molecule has 2 amide bonds. The molecule has 0 aliphatic heterocycles. The van der Waals surface area contributed by atoms with Gasteiger partial charge in [0.2, 0.25) is 0 Å². The number of nitrogens with zero attached hydrogens (tertiary/aromatic N) is 2. The van der Waals surface area contributed by atoms with Crippen LogP contribution in [-0.2, 0) is 9.59 Å². The lowest BCUT2D eigenvalue weighted by Gasteiger charge is -2.21. The molecule has 0 aliphatic rings. The van der Waals surface area contributed by atoms with Gasteiger partial charge in [-0.3, -0.25) is 9.59 Å². The molecule has 1 N–H and O–H groups in total. The van der Waals surface area contributed by atoms with Crippen molar-refractivity contribution in [1.29, 1.82) is 5.26 Å². The van der Waals surface area contributed by atoms with Crippen LogP contribution in [-0.4, -0.2) is 29.8 Å². The van der Waals surface area contributed by atoms with Gasteiger partial charge in [-0.2, -0.15) is 5.26 Å². The zero-order valence-corrected chi connectivity index (χ0v) is 12.4. The van der Waals surface area contributed by atoms with E-state index in [1.165, 1.54) is 11.0 Å². The minimum absolute atomic E-state index is 0.00425. The van der Waals surface area contributed by atoms with Crippen molar-refractivity contribution in [2.75, 3.05) is 18.4 Å². The highest BCUT2D eigenvalue weighted by atomic mass is 35.5. The number of amides is 2. The second-order valence-corrected chi connectivity index (χ2v) is 4.86. The molecule has 7 heteroatoms. The van der Waals surface area contributed by atoms with Crippen molar-refractivity contribution in [3.05, 3.63) is 29.0 Å². The Morgan fingerprint density at radius 3 is 2.71 bits per heavy atom. The molecule has 1 aromatic carbocycles. The van der Waals surface area contributed by atoms with E-state index >= 15 is 0 Å². The van der Waals surface area contributed by atoms with E-state index in [0.717, 1.165) is 12.1 Å². The van der Waals surface area contributed by atoms with Gasteiger partial charge < -0.3 is 10.2 Å². The fraction of sp³-hybridized carbons (Fsp3) is 0.357. The van der Waals surface area contributed by atoms with Crippen LogP contribution in [0.25, 0.3) is 0 Å². The van der Waals surface area contributed by atoms with Crippen molar-refractivity contribution in [3.63, 3.8) is 0 Å². The van der Waals surface area contributed by atoms with E-state index in [0.29, 0.717) is 6.54 Å². The molecule has 21 heavy (non-hydrogen) atoms. The Hall–Kier alpha value is -2.13. The molecular formula is C14H15ClFN3O2. The van der Waals surface area contributed by atoms with Gasteiger partial charge >= 0.3 is 11.8 Å². The van der Waals surface area contributed by atoms with Crippen molar-refractivity contribution in [2.45, 2.75) is 13.8 Å². The smallest absolute Gasteiger partial charge is 0.313 e. The maximum atomic E-state index is 12.9. The summed E-state index contributed by atoms with van der Waals surface area (Å²) in [6.07, 6.45) is 0. The number of nitrogens with one attached hydrogen (secondary N) is 1. The van der Waals surface area contributed by atoms with E-state index < -0.39 is 17.6 Å². The Bertz CT molecular complexity index is 586. The molecule has 0 aliphatic carbocycles. The number of likely N-dealkylation sites (N-methyl/N-ethyl adjacent to an activating group) is 1. The summed E-state index contributed by atoms with van der Waals surface area (Å²) in [5, 5.41) is 11.1. The number of nitriles is 1. The minimum Gasteiger partial charge on any atom is -0.333 e. The summed E-state index contributed by atoms with van der Waals surface area (Å²) in [6, 6.07) is 5.44. The molecule has 1 atom stereocenters. The zero-order valence-electron chi connectivity index (χ0n) is 11.7. The summed E-state index contributed by atoms with van der Waals surface area (Å²) in [6.45, 7) is 3.83. The number of rotatable bonds is 4. The zero-order chi connectivity index (χ0) is 16.0. The van der Waals surface area contributed by atoms with Crippen molar-refractivity contribution < 1.29 is 14.0 Å². The van der Waals surface area contributed by atoms with E-state index in [4.69, 9.17) is 16.9 Å². The first-order chi connectivity index (χ1) is 9.88. The lowest BCUT2D eigenvalue weighted by atomic mass is 10.2. The van der Waals surface area contributed by atoms with E-state index in [1.807, 2.05) is 6.07 Å². The number of hydrogen-bond acceptors (Lipinski definition) is 3. The number of halogens is 2. The molecular weight excluding hydrogens is 297 g/mol. The Morgan fingerprint density at radius 1 is 1.52 bits per heavy atom. The number of hydrogen-bond donors (Lipinski definition) is 1. The Balaban J connectivity index is 2.78. The van der Waals surface area contributed by atoms with Gasteiger partial charge in [0, 0.05) is 13.1 Å². The quantitative estimate of drug-likeness (QED) is 0.868. The third-order valence-electron chi connectivity index (χ3n) is 2.76. The van der Waals surface area contributed by atoms with Crippen LogP contribution < -0.4 is 5.32 Å². The fourth-order valence-corrected chi connectivity index (χ4v) is 1.85. The second-order valence-electron chi connectivity index (χ2n) is 4.45. The molecule has 0 unspecified atom stereocenters. The van der Waals surface area contributed by atoms with Gasteiger partial charge in [-0.15, -0.1) is 0 Å². The summed E-state index contributed by atoms with van der Waals surface area (Å²) < 4.78 is 12.9. The molecule has 0 aromatic heterocycles. The summed E-state index contributed by atoms with van der Waals surface area (Å²) >= 11 is 5.78. The van der Waals surface area contributed by atoms with Crippen molar-refractivity contribution in [2.24, 2.45) is 5.92 Å². The van der Waals surface area contributed by atoms with Crippen molar-refractivity contribution in [1.82, 2.24) is 4.90 Å². The SMILES string of the molecule is CCN(C[C@@H](C)C#N)C(=O)C(=O)Nc1ccc(F)cc1Cl. The van der Waals surface area contributed by atoms with Crippen molar-refractivity contribution >= 4 is 29.1 Å². The highest BCUT2D eigenvalue weighted by molar-refractivity contribution is 6.41. The third-order valence-corrected chi connectivity index (χ3v) is 3.07. The summed E-state index contributed by atoms with van der Waals surface area (Å²) in [7, 11) is 0. The molecule has 0 bridgehead atoms. The van der Waals surface area contributed by atoms with Gasteiger partial charge in [-0.05, 0) is 32.0 Å². The van der Waals surface area contributed by atoms with E-state index in [1.54, 1.807) is 13.8 Å². The molecule has 0 radical (unpaired) electrons. The van der Waals surface area contributed by atoms with E-state index in [2.05, 4.69) is 5.32 Å². The van der Waals surface area contributed by atoms with Crippen LogP contribution in [0.4, 0.5) is 10.1 Å². The van der Waals surface area contributed by atoms with Gasteiger partial charge in [0.05, 0.1) is 22.7 Å². The van der Waals surface area contributed by atoms with E-state index in [-0.39, 0.29) is 23.2 Å². The lowest BCUT2D eigenvalue weighted by Crippen LogP contribution is -2.41. The summed E-state index contributed by atoms with van der Waals surface area (Å²) in [4.78, 5) is 25.1. The van der Waals surface area contributed by atoms with Crippen molar-refractivity contribution in [3.8, 4) is 6.07 Å². The fourth-order valence-electron chi connectivity index (χ4n) is 1.64. The molecule has 1 aromatic rings. The monoisotopic (exact) mass is 311 g/mol. The van der Waals surface area contributed by atoms with Crippen LogP contribution in [0.15, 0.2) is 18.2 Å². The van der Waals surface area contributed by atoms with Crippen LogP contribution in [0.2, 0.25) is 5.02 Å². The average Bonchev–Trinajstić information content (AvgIpc) is 2.46. The van der Waals surface area contributed by atoms with Gasteiger partial charge in [0.1, 0.15) is 5.82 Å². The highest BCUT2D eigenvalue weighted by Crippen LogP contribution is 2.22. The van der Waals surface area contributed by atoms with Crippen LogP contribution in [0.5, 0.6) is 0 Å². The Labute approximate surface area is 127 Å². The normalized spacial score (nSPS) is 11.4. The second kappa shape index (κ2) is 7.60. The van der Waals surface area contributed by atoms with Crippen LogP contribution >= 0.6 is 11.6 Å². The molecule has 1 rings (SSSR count). The maximum absolute atomic E-state index is 12.9. The predicted octanol–water partition coefficient (Wildman–Crippen LogP) is 2.43. The van der Waals surface area contributed by atoms with Gasteiger partial charge in [-0.25, -0.2) is 4.39 Å². The average molecular weight is 312 g/mol. The molecule has 0 spiro atoms. The molecule has 0 fully saturated rings. The first-order valence-corrected chi connectivity index (χ1v) is 6.71. The molecule has 0 heterocycles. The van der Waals surface area contributed by atoms with Gasteiger partial charge in [-0.1, -0.05) is 11.6 Å². The standard InChI is InChI=1S/C14H15ClFN3O2/c1-3-19(8-9(2)7-17)14(21)13(20)18-12-5-4-10(16)6-11(12)15/h4-6,9H,3,8H2,1-2H3,(H,18,20)/t9-/m0/s1. The highest BCUT2D eigenvalue weighted by Gasteiger charge is 2.22. The minimum atomic E-state index is -0.879. The maximum Gasteiger partial charge on any atom is 0.313 e. The van der Waals surface area contributed by atoms with Crippen LogP contribution in [0.3, 0.4) is 0 Å². The molecule has 0 saturated heterocycles. The van der Waals surface area contributed by atoms with Gasteiger partial charge in [0.15, 0.2) is 0 Å². The summed E-state index contributed by atoms with van der Waals surface area (Å²) in [5.41, 5.74) is 0.154. The third kappa shape index (κ3) is 4.72. The lowest BCUT2D eigenvalue weighted by molar-refractivity contribution is -0.143. The number of benzene rings is 1. The molecule has 112 valence electrons. The topological polar surface area (TPSA) is 73.2 Å². The van der Waals surface area contributed by atoms with Crippen LogP contribution in [0, 0.1) is 23.1 Å². The largest absolute Gasteiger partial charge is 0.333 e. The summed E-state index contributed by atoms with van der Waals surface area (Å²) in [5.74, 6) is -2.56. The van der Waals surface area contributed by atoms with Crippen LogP contribution in [0.1, 0.15) is 13.8 Å². The number of anilines is 1. The number of carbonyl (C=O) groups is 2. The number of carbonyl (C=O) groups excluding carboxylic acids is 2. The molecule has 5 nitrogen and oxygen atoms in total. The predicted molar refractivity (Wildman–Crippen MR) is 77.1 cm³/mol. The van der Waals surface area contributed by atoms with E-state index in [9.17, 15) is 14.0 Å². The Kier molecular flexibility index (Phi) is 6.12. The molecule has 0 saturated carbocycles.